The fourth-order valence-electron chi connectivity index (χ4n) is 1.15. The van der Waals surface area contributed by atoms with E-state index in [9.17, 15) is 0 Å². The number of nitrogens with one attached hydrogen (secondary N) is 1. The number of hydrogen-bond donors (Lipinski definition) is 2. The number of nitrogens with two attached hydrogens (primary N) is 1. The van der Waals surface area contributed by atoms with Gasteiger partial charge in [0.2, 0.25) is 0 Å². The fraction of sp³-hybridized carbons (Fsp3) is 0.364. The molecule has 0 aliphatic rings. The molecule has 1 rings (SSSR count). The first-order valence-corrected chi connectivity index (χ1v) is 5.79. The van der Waals surface area contributed by atoms with Crippen molar-refractivity contribution in [1.29, 1.82) is 0 Å². The first kappa shape index (κ1) is 16.7. The Morgan fingerprint density at radius 2 is 2.29 bits per heavy atom. The van der Waals surface area contributed by atoms with E-state index in [1.54, 1.807) is 7.11 Å². The van der Waals surface area contributed by atoms with Crippen molar-refractivity contribution < 1.29 is 4.74 Å². The summed E-state index contributed by atoms with van der Waals surface area (Å²) in [7, 11) is 1.65. The van der Waals surface area contributed by atoms with Crippen molar-refractivity contribution in [2.24, 2.45) is 10.7 Å². The van der Waals surface area contributed by atoms with Crippen LogP contribution in [-0.2, 0) is 11.3 Å². The predicted octanol–water partition coefficient (Wildman–Crippen LogP) is 2.12. The Bertz CT molecular complexity index is 360. The molecule has 0 aliphatic carbocycles. The van der Waals surface area contributed by atoms with Crippen molar-refractivity contribution in [2.45, 2.75) is 6.54 Å². The summed E-state index contributed by atoms with van der Waals surface area (Å²) >= 11 is 3.41. The summed E-state index contributed by atoms with van der Waals surface area (Å²) in [5, 5.41) is 2.96. The molecule has 0 aromatic heterocycles. The summed E-state index contributed by atoms with van der Waals surface area (Å²) in [5.41, 5.74) is 6.79. The van der Waals surface area contributed by atoms with E-state index in [0.717, 1.165) is 10.0 Å². The van der Waals surface area contributed by atoms with Crippen molar-refractivity contribution in [3.05, 3.63) is 34.3 Å². The monoisotopic (exact) mass is 413 g/mol. The largest absolute Gasteiger partial charge is 0.383 e. The Morgan fingerprint density at radius 3 is 2.94 bits per heavy atom. The summed E-state index contributed by atoms with van der Waals surface area (Å²) in [5.74, 6) is 0.442. The second-order valence-electron chi connectivity index (χ2n) is 3.25. The van der Waals surface area contributed by atoms with Gasteiger partial charge in [-0.3, -0.25) is 0 Å². The molecule has 0 amide bonds. The second-order valence-corrected chi connectivity index (χ2v) is 4.17. The van der Waals surface area contributed by atoms with Gasteiger partial charge < -0.3 is 15.8 Å². The van der Waals surface area contributed by atoms with Crippen LogP contribution < -0.4 is 11.1 Å². The minimum atomic E-state index is 0. The third kappa shape index (κ3) is 7.56. The maximum atomic E-state index is 5.67. The lowest BCUT2D eigenvalue weighted by atomic mass is 10.2. The van der Waals surface area contributed by atoms with Gasteiger partial charge in [0.1, 0.15) is 0 Å². The highest BCUT2D eigenvalue weighted by atomic mass is 127. The van der Waals surface area contributed by atoms with E-state index in [0.29, 0.717) is 25.7 Å². The van der Waals surface area contributed by atoms with Gasteiger partial charge in [0.05, 0.1) is 13.2 Å². The molecule has 96 valence electrons. The zero-order chi connectivity index (χ0) is 11.8. The maximum Gasteiger partial charge on any atom is 0.188 e. The van der Waals surface area contributed by atoms with Crippen LogP contribution in [-0.4, -0.2) is 26.2 Å². The van der Waals surface area contributed by atoms with E-state index in [1.165, 1.54) is 0 Å². The Labute approximate surface area is 127 Å². The number of nitrogens with zero attached hydrogens (tertiary/aromatic N) is 1. The number of benzene rings is 1. The number of methoxy groups -OCH3 is 1. The van der Waals surface area contributed by atoms with Gasteiger partial charge in [-0.2, -0.15) is 0 Å². The first-order chi connectivity index (χ1) is 7.72. The van der Waals surface area contributed by atoms with Crippen molar-refractivity contribution in [2.75, 3.05) is 20.3 Å². The molecule has 1 aromatic carbocycles. The summed E-state index contributed by atoms with van der Waals surface area (Å²) in [6.07, 6.45) is 0. The first-order valence-electron chi connectivity index (χ1n) is 4.99. The van der Waals surface area contributed by atoms with Gasteiger partial charge in [-0.1, -0.05) is 28.1 Å². The molecule has 0 radical (unpaired) electrons. The highest BCUT2D eigenvalue weighted by Gasteiger charge is 1.94. The van der Waals surface area contributed by atoms with Crippen molar-refractivity contribution in [3.63, 3.8) is 0 Å². The molecular weight excluding hydrogens is 397 g/mol. The zero-order valence-corrected chi connectivity index (χ0v) is 13.6. The molecule has 0 heterocycles. The number of halogens is 2. The van der Waals surface area contributed by atoms with Crippen LogP contribution in [0, 0.1) is 0 Å². The summed E-state index contributed by atoms with van der Waals surface area (Å²) in [6.45, 7) is 1.86. The average Bonchev–Trinajstić information content (AvgIpc) is 2.27. The Kier molecular flexibility index (Phi) is 9.47. The molecule has 4 nitrogen and oxygen atoms in total. The second kappa shape index (κ2) is 9.67. The van der Waals surface area contributed by atoms with Gasteiger partial charge in [0.15, 0.2) is 5.96 Å². The SMILES string of the molecule is COCCNC(N)=NCc1cccc(Br)c1.I. The molecule has 6 heteroatoms. The van der Waals surface area contributed by atoms with E-state index < -0.39 is 0 Å². The lowest BCUT2D eigenvalue weighted by molar-refractivity contribution is 0.204. The Hall–Kier alpha value is -0.340. The van der Waals surface area contributed by atoms with Crippen LogP contribution in [0.2, 0.25) is 0 Å². The topological polar surface area (TPSA) is 59.6 Å². The number of guanidine groups is 1. The number of aliphatic imine (C=N–C) groups is 1. The van der Waals surface area contributed by atoms with Crippen LogP contribution in [0.1, 0.15) is 5.56 Å². The standard InChI is InChI=1S/C11H16BrN3O.HI/c1-16-6-5-14-11(13)15-8-9-3-2-4-10(12)7-9;/h2-4,7H,5-6,8H2,1H3,(H3,13,14,15);1H. The van der Waals surface area contributed by atoms with Crippen molar-refractivity contribution in [3.8, 4) is 0 Å². The van der Waals surface area contributed by atoms with Crippen molar-refractivity contribution in [1.82, 2.24) is 5.32 Å². The third-order valence-corrected chi connectivity index (χ3v) is 2.43. The van der Waals surface area contributed by atoms with Gasteiger partial charge in [-0.05, 0) is 17.7 Å². The number of hydrogen-bond acceptors (Lipinski definition) is 2. The quantitative estimate of drug-likeness (QED) is 0.336. The van der Waals surface area contributed by atoms with Gasteiger partial charge in [0.25, 0.3) is 0 Å². The minimum Gasteiger partial charge on any atom is -0.383 e. The van der Waals surface area contributed by atoms with E-state index >= 15 is 0 Å². The van der Waals surface area contributed by atoms with Gasteiger partial charge in [-0.25, -0.2) is 4.99 Å². The predicted molar refractivity (Wildman–Crippen MR) is 84.8 cm³/mol. The number of rotatable bonds is 5. The molecule has 0 fully saturated rings. The maximum absolute atomic E-state index is 5.67. The smallest absolute Gasteiger partial charge is 0.188 e. The third-order valence-electron chi connectivity index (χ3n) is 1.93. The highest BCUT2D eigenvalue weighted by molar-refractivity contribution is 14.0. The molecule has 3 N–H and O–H groups in total. The normalized spacial score (nSPS) is 10.8. The molecule has 0 saturated carbocycles. The molecule has 0 atom stereocenters. The van der Waals surface area contributed by atoms with Crippen LogP contribution in [0.5, 0.6) is 0 Å². The Morgan fingerprint density at radius 1 is 1.53 bits per heavy atom. The summed E-state index contributed by atoms with van der Waals surface area (Å²) < 4.78 is 5.94. The van der Waals surface area contributed by atoms with Gasteiger partial charge in [-0.15, -0.1) is 24.0 Å². The zero-order valence-electron chi connectivity index (χ0n) is 9.65. The number of ether oxygens (including phenoxy) is 1. The van der Waals surface area contributed by atoms with Crippen LogP contribution in [0.15, 0.2) is 33.7 Å². The summed E-state index contributed by atoms with van der Waals surface area (Å²) in [6, 6.07) is 7.99. The average molecular weight is 414 g/mol. The Balaban J connectivity index is 0.00000256. The molecule has 0 spiro atoms. The lowest BCUT2D eigenvalue weighted by Crippen LogP contribution is -2.34. The van der Waals surface area contributed by atoms with Crippen molar-refractivity contribution >= 4 is 45.9 Å². The van der Waals surface area contributed by atoms with Crippen LogP contribution in [0.3, 0.4) is 0 Å². The van der Waals surface area contributed by atoms with E-state index in [1.807, 2.05) is 24.3 Å². The van der Waals surface area contributed by atoms with E-state index in [2.05, 4.69) is 26.2 Å². The molecule has 0 aliphatic heterocycles. The van der Waals surface area contributed by atoms with E-state index in [-0.39, 0.29) is 24.0 Å². The van der Waals surface area contributed by atoms with E-state index in [4.69, 9.17) is 10.5 Å². The fourth-order valence-corrected chi connectivity index (χ4v) is 1.60. The van der Waals surface area contributed by atoms with Gasteiger partial charge >= 0.3 is 0 Å². The molecule has 0 saturated heterocycles. The molecular formula is C11H17BrIN3O. The molecule has 1 aromatic rings. The highest BCUT2D eigenvalue weighted by Crippen LogP contribution is 2.11. The molecule has 0 unspecified atom stereocenters. The molecule has 17 heavy (non-hydrogen) atoms. The van der Waals surface area contributed by atoms with Gasteiger partial charge in [0, 0.05) is 18.1 Å². The lowest BCUT2D eigenvalue weighted by Gasteiger charge is -2.04. The minimum absolute atomic E-state index is 0. The van der Waals surface area contributed by atoms with Crippen LogP contribution >= 0.6 is 39.9 Å². The van der Waals surface area contributed by atoms with Crippen LogP contribution in [0.4, 0.5) is 0 Å². The van der Waals surface area contributed by atoms with Crippen LogP contribution in [0.25, 0.3) is 0 Å². The molecule has 0 bridgehead atoms. The summed E-state index contributed by atoms with van der Waals surface area (Å²) in [4.78, 5) is 4.21.